The van der Waals surface area contributed by atoms with Crippen molar-refractivity contribution in [3.8, 4) is 16.9 Å². The highest BCUT2D eigenvalue weighted by Crippen LogP contribution is 2.27. The summed E-state index contributed by atoms with van der Waals surface area (Å²) in [6, 6.07) is 15.7. The summed E-state index contributed by atoms with van der Waals surface area (Å²) in [6.45, 7) is 2.11. The fraction of sp³-hybridized carbons (Fsp3) is 0.217. The van der Waals surface area contributed by atoms with Crippen LogP contribution in [0.5, 0.6) is 0 Å². The second-order valence-corrected chi connectivity index (χ2v) is 8.48. The van der Waals surface area contributed by atoms with Crippen LogP contribution in [-0.4, -0.2) is 30.8 Å². The highest BCUT2D eigenvalue weighted by molar-refractivity contribution is 7.15. The van der Waals surface area contributed by atoms with Gasteiger partial charge in [0.25, 0.3) is 5.69 Å². The van der Waals surface area contributed by atoms with Crippen LogP contribution < -0.4 is 5.32 Å². The lowest BCUT2D eigenvalue weighted by Crippen LogP contribution is -2.14. The molecule has 10 heteroatoms. The summed E-state index contributed by atoms with van der Waals surface area (Å²) in [6.07, 6.45) is 4.82. The zero-order valence-corrected chi connectivity index (χ0v) is 18.8. The van der Waals surface area contributed by atoms with E-state index in [0.29, 0.717) is 22.0 Å². The van der Waals surface area contributed by atoms with Crippen LogP contribution in [0.3, 0.4) is 0 Å². The van der Waals surface area contributed by atoms with Crippen LogP contribution in [0.1, 0.15) is 30.3 Å². The molecule has 1 N–H and O–H groups in total. The summed E-state index contributed by atoms with van der Waals surface area (Å²) in [5.41, 5.74) is 2.81. The first-order valence-electron chi connectivity index (χ1n) is 10.5. The molecule has 2 aromatic heterocycles. The molecule has 0 spiro atoms. The topological polar surface area (TPSA) is 116 Å². The molecule has 1 amide bonds. The Bertz CT molecular complexity index is 1250. The molecule has 2 heterocycles. The number of carbonyl (C=O) groups excluding carboxylic acids is 1. The van der Waals surface area contributed by atoms with Crippen molar-refractivity contribution in [1.29, 1.82) is 0 Å². The Kier molecular flexibility index (Phi) is 6.84. The second-order valence-electron chi connectivity index (χ2n) is 7.42. The molecule has 9 nitrogen and oxygen atoms in total. The van der Waals surface area contributed by atoms with Crippen molar-refractivity contribution < 1.29 is 9.72 Å². The molecule has 2 aromatic carbocycles. The summed E-state index contributed by atoms with van der Waals surface area (Å²) in [4.78, 5) is 23.3. The fourth-order valence-electron chi connectivity index (χ4n) is 3.31. The van der Waals surface area contributed by atoms with Crippen molar-refractivity contribution in [2.24, 2.45) is 0 Å². The van der Waals surface area contributed by atoms with Crippen molar-refractivity contribution >= 4 is 28.1 Å². The van der Waals surface area contributed by atoms with Gasteiger partial charge in [-0.05, 0) is 30.7 Å². The number of anilines is 1. The Hall–Kier alpha value is -3.92. The van der Waals surface area contributed by atoms with E-state index in [1.807, 2.05) is 30.3 Å². The Labute approximate surface area is 194 Å². The molecule has 168 valence electrons. The molecule has 0 radical (unpaired) electrons. The van der Waals surface area contributed by atoms with E-state index >= 15 is 0 Å². The molecular weight excluding hydrogens is 440 g/mol. The third-order valence-corrected chi connectivity index (χ3v) is 5.87. The van der Waals surface area contributed by atoms with E-state index in [1.54, 1.807) is 23.0 Å². The van der Waals surface area contributed by atoms with Crippen molar-refractivity contribution in [2.75, 3.05) is 5.32 Å². The van der Waals surface area contributed by atoms with E-state index in [0.717, 1.165) is 30.0 Å². The average Bonchev–Trinajstić information content (AvgIpc) is 3.45. The highest BCUT2D eigenvalue weighted by atomic mass is 32.1. The third-order valence-electron chi connectivity index (χ3n) is 4.97. The van der Waals surface area contributed by atoms with E-state index in [1.165, 1.54) is 23.5 Å². The van der Waals surface area contributed by atoms with Gasteiger partial charge in [-0.2, -0.15) is 5.10 Å². The number of hydrogen-bond acceptors (Lipinski definition) is 7. The lowest BCUT2D eigenvalue weighted by atomic mass is 10.1. The minimum absolute atomic E-state index is 0.00400. The molecule has 33 heavy (non-hydrogen) atoms. The van der Waals surface area contributed by atoms with Gasteiger partial charge < -0.3 is 5.32 Å². The van der Waals surface area contributed by atoms with E-state index in [4.69, 9.17) is 0 Å². The van der Waals surface area contributed by atoms with Gasteiger partial charge in [-0.3, -0.25) is 14.9 Å². The molecule has 0 aliphatic heterocycles. The SMILES string of the molecule is CCCCc1nnc(NC(=O)Cc2cn(-c3ccccc3)nc2-c2ccc([N+](=O)[O-])cc2)s1. The number of nitrogens with zero attached hydrogens (tertiary/aromatic N) is 5. The number of amides is 1. The van der Waals surface area contributed by atoms with Gasteiger partial charge in [0, 0.05) is 35.9 Å². The van der Waals surface area contributed by atoms with Crippen molar-refractivity contribution in [3.05, 3.63) is 81.5 Å². The number of aryl methyl sites for hydroxylation is 1. The Morgan fingerprint density at radius 1 is 1.12 bits per heavy atom. The summed E-state index contributed by atoms with van der Waals surface area (Å²) in [7, 11) is 0. The first kappa shape index (κ1) is 22.3. The zero-order chi connectivity index (χ0) is 23.2. The molecule has 0 fully saturated rings. The van der Waals surface area contributed by atoms with Crippen LogP contribution in [0.15, 0.2) is 60.8 Å². The number of para-hydroxylation sites is 1. The van der Waals surface area contributed by atoms with Crippen molar-refractivity contribution in [3.63, 3.8) is 0 Å². The van der Waals surface area contributed by atoms with E-state index in [2.05, 4.69) is 27.5 Å². The molecule has 0 bridgehead atoms. The maximum atomic E-state index is 12.8. The number of nitro groups is 1. The van der Waals surface area contributed by atoms with E-state index in [-0.39, 0.29) is 18.0 Å². The molecule has 4 aromatic rings. The molecule has 0 saturated heterocycles. The summed E-state index contributed by atoms with van der Waals surface area (Å²) in [5.74, 6) is -0.232. The maximum absolute atomic E-state index is 12.8. The maximum Gasteiger partial charge on any atom is 0.269 e. The van der Waals surface area contributed by atoms with Crippen LogP contribution in [0, 0.1) is 10.1 Å². The standard InChI is InChI=1S/C23H22N6O3S/c1-2-3-9-21-25-26-23(33-21)24-20(30)14-17-15-28(18-7-5-4-6-8-18)27-22(17)16-10-12-19(13-11-16)29(31)32/h4-8,10-13,15H,2-3,9,14H2,1H3,(H,24,26,30). The summed E-state index contributed by atoms with van der Waals surface area (Å²) in [5, 5.41) is 28.0. The van der Waals surface area contributed by atoms with Gasteiger partial charge in [0.05, 0.1) is 22.7 Å². The number of non-ortho nitro benzene ring substituents is 1. The van der Waals surface area contributed by atoms with Gasteiger partial charge in [-0.15, -0.1) is 10.2 Å². The minimum atomic E-state index is -0.447. The van der Waals surface area contributed by atoms with E-state index in [9.17, 15) is 14.9 Å². The highest BCUT2D eigenvalue weighted by Gasteiger charge is 2.17. The van der Waals surface area contributed by atoms with Crippen LogP contribution in [0.4, 0.5) is 10.8 Å². The lowest BCUT2D eigenvalue weighted by Gasteiger charge is -2.03. The quantitative estimate of drug-likeness (QED) is 0.281. The number of carbonyl (C=O) groups is 1. The first-order chi connectivity index (χ1) is 16.0. The molecule has 0 saturated carbocycles. The number of benzene rings is 2. The van der Waals surface area contributed by atoms with Crippen LogP contribution in [0.25, 0.3) is 16.9 Å². The van der Waals surface area contributed by atoms with Crippen molar-refractivity contribution in [2.45, 2.75) is 32.6 Å². The first-order valence-corrected chi connectivity index (χ1v) is 11.4. The summed E-state index contributed by atoms with van der Waals surface area (Å²) >= 11 is 1.38. The largest absolute Gasteiger partial charge is 0.300 e. The number of nitro benzene ring substituents is 1. The monoisotopic (exact) mass is 462 g/mol. The van der Waals surface area contributed by atoms with Gasteiger partial charge >= 0.3 is 0 Å². The lowest BCUT2D eigenvalue weighted by molar-refractivity contribution is -0.384. The second kappa shape index (κ2) is 10.1. The average molecular weight is 463 g/mol. The smallest absolute Gasteiger partial charge is 0.269 e. The number of aromatic nitrogens is 4. The fourth-order valence-corrected chi connectivity index (χ4v) is 4.10. The van der Waals surface area contributed by atoms with Crippen molar-refractivity contribution in [1.82, 2.24) is 20.0 Å². The Morgan fingerprint density at radius 3 is 2.58 bits per heavy atom. The molecular formula is C23H22N6O3S. The van der Waals surface area contributed by atoms with Gasteiger partial charge in [-0.25, -0.2) is 4.68 Å². The Balaban J connectivity index is 1.59. The molecule has 0 aliphatic carbocycles. The number of hydrogen-bond donors (Lipinski definition) is 1. The molecule has 4 rings (SSSR count). The third kappa shape index (κ3) is 5.47. The normalized spacial score (nSPS) is 10.8. The Morgan fingerprint density at radius 2 is 1.88 bits per heavy atom. The molecule has 0 aliphatic rings. The predicted molar refractivity (Wildman–Crippen MR) is 127 cm³/mol. The zero-order valence-electron chi connectivity index (χ0n) is 18.0. The number of rotatable bonds is 9. The number of unbranched alkanes of at least 4 members (excludes halogenated alkanes) is 1. The van der Waals surface area contributed by atoms with Gasteiger partial charge in [0.15, 0.2) is 0 Å². The minimum Gasteiger partial charge on any atom is -0.300 e. The van der Waals surface area contributed by atoms with Crippen LogP contribution in [-0.2, 0) is 17.6 Å². The predicted octanol–water partition coefficient (Wildman–Crippen LogP) is 4.82. The molecule has 0 atom stereocenters. The van der Waals surface area contributed by atoms with Gasteiger partial charge in [0.2, 0.25) is 11.0 Å². The van der Waals surface area contributed by atoms with Gasteiger partial charge in [0.1, 0.15) is 5.01 Å². The summed E-state index contributed by atoms with van der Waals surface area (Å²) < 4.78 is 1.70. The van der Waals surface area contributed by atoms with Gasteiger partial charge in [-0.1, -0.05) is 42.9 Å². The van der Waals surface area contributed by atoms with Crippen LogP contribution >= 0.6 is 11.3 Å². The van der Waals surface area contributed by atoms with E-state index < -0.39 is 4.92 Å². The van der Waals surface area contributed by atoms with Crippen LogP contribution in [0.2, 0.25) is 0 Å². The molecule has 0 unspecified atom stereocenters. The number of nitrogens with one attached hydrogen (secondary N) is 1.